The topological polar surface area (TPSA) is 33.0 Å². The molecular formula is C11H11NO. The smallest absolute Gasteiger partial charge is 0.292 e. The third-order valence-electron chi connectivity index (χ3n) is 1.67. The lowest BCUT2D eigenvalue weighted by Crippen LogP contribution is -1.86. The third kappa shape index (κ3) is 2.34. The molecule has 13 heavy (non-hydrogen) atoms. The summed E-state index contributed by atoms with van der Waals surface area (Å²) in [5.74, 6) is 0.603. The average molecular weight is 173 g/mol. The first-order valence-corrected chi connectivity index (χ1v) is 4.07. The van der Waals surface area contributed by atoms with Gasteiger partial charge in [-0.3, -0.25) is 0 Å². The predicted molar refractivity (Wildman–Crippen MR) is 52.1 cm³/mol. The van der Waals surface area contributed by atoms with Gasteiger partial charge in [0.2, 0.25) is 0 Å². The Morgan fingerprint density at radius 2 is 2.23 bits per heavy atom. The van der Waals surface area contributed by atoms with Crippen LogP contribution in [0, 0.1) is 18.4 Å². The highest BCUT2D eigenvalue weighted by Crippen LogP contribution is 2.21. The van der Waals surface area contributed by atoms with E-state index in [2.05, 4.69) is 0 Å². The molecule has 66 valence electrons. The molecule has 0 aromatic heterocycles. The summed E-state index contributed by atoms with van der Waals surface area (Å²) in [5, 5.41) is 8.39. The molecule has 0 amide bonds. The van der Waals surface area contributed by atoms with Gasteiger partial charge in [-0.25, -0.2) is 0 Å². The number of hydrogen-bond donors (Lipinski definition) is 0. The molecule has 1 rings (SSSR count). The van der Waals surface area contributed by atoms with Crippen LogP contribution in [0.2, 0.25) is 0 Å². The van der Waals surface area contributed by atoms with E-state index in [1.54, 1.807) is 12.3 Å². The van der Waals surface area contributed by atoms with Gasteiger partial charge in [0, 0.05) is 5.56 Å². The van der Waals surface area contributed by atoms with Gasteiger partial charge in [-0.1, -0.05) is 23.8 Å². The number of hydrogen-bond acceptors (Lipinski definition) is 2. The van der Waals surface area contributed by atoms with E-state index in [1.165, 1.54) is 0 Å². The second kappa shape index (κ2) is 4.32. The summed E-state index contributed by atoms with van der Waals surface area (Å²) in [4.78, 5) is 0. The van der Waals surface area contributed by atoms with E-state index < -0.39 is 0 Å². The molecule has 0 spiro atoms. The van der Waals surface area contributed by atoms with Gasteiger partial charge < -0.3 is 4.74 Å². The molecule has 1 aromatic rings. The maximum Gasteiger partial charge on any atom is 0.292 e. The Morgan fingerprint density at radius 3 is 2.85 bits per heavy atom. The number of nitrogens with zero attached hydrogens (tertiary/aromatic N) is 1. The molecular weight excluding hydrogens is 162 g/mol. The summed E-state index contributed by atoms with van der Waals surface area (Å²) in [7, 11) is 0. The highest BCUT2D eigenvalue weighted by Gasteiger charge is 1.99. The van der Waals surface area contributed by atoms with Crippen LogP contribution < -0.4 is 4.74 Å². The molecule has 0 heterocycles. The maximum atomic E-state index is 8.39. The molecule has 0 saturated heterocycles. The van der Waals surface area contributed by atoms with E-state index in [4.69, 9.17) is 10.00 Å². The Labute approximate surface area is 78.1 Å². The molecule has 0 unspecified atom stereocenters. The van der Waals surface area contributed by atoms with Crippen molar-refractivity contribution in [1.82, 2.24) is 0 Å². The first-order valence-electron chi connectivity index (χ1n) is 4.07. The fraction of sp³-hybridized carbons (Fsp3) is 0.182. The molecule has 0 aliphatic heterocycles. The highest BCUT2D eigenvalue weighted by molar-refractivity contribution is 5.58. The van der Waals surface area contributed by atoms with Gasteiger partial charge in [-0.05, 0) is 26.0 Å². The van der Waals surface area contributed by atoms with Crippen molar-refractivity contribution in [3.63, 3.8) is 0 Å². The van der Waals surface area contributed by atoms with Crippen LogP contribution in [0.1, 0.15) is 18.1 Å². The molecule has 0 radical (unpaired) electrons. The SMILES string of the molecule is CC=Cc1cc(C)ccc1OC#N. The van der Waals surface area contributed by atoms with Crippen LogP contribution >= 0.6 is 0 Å². The number of nitriles is 1. The first-order chi connectivity index (χ1) is 6.27. The summed E-state index contributed by atoms with van der Waals surface area (Å²) in [6.07, 6.45) is 5.50. The number of allylic oxidation sites excluding steroid dienone is 1. The monoisotopic (exact) mass is 173 g/mol. The molecule has 2 heteroatoms. The van der Waals surface area contributed by atoms with E-state index in [9.17, 15) is 0 Å². The zero-order chi connectivity index (χ0) is 9.68. The lowest BCUT2D eigenvalue weighted by molar-refractivity contribution is 0.506. The zero-order valence-electron chi connectivity index (χ0n) is 7.74. The molecule has 0 aliphatic rings. The van der Waals surface area contributed by atoms with Gasteiger partial charge in [0.15, 0.2) is 0 Å². The number of ether oxygens (including phenoxy) is 1. The summed E-state index contributed by atoms with van der Waals surface area (Å²) in [6, 6.07) is 5.69. The van der Waals surface area contributed by atoms with Gasteiger partial charge in [0.1, 0.15) is 5.75 Å². The quantitative estimate of drug-likeness (QED) is 0.644. The van der Waals surface area contributed by atoms with E-state index in [0.717, 1.165) is 11.1 Å². The largest absolute Gasteiger partial charge is 0.387 e. The van der Waals surface area contributed by atoms with Gasteiger partial charge >= 0.3 is 0 Å². The minimum Gasteiger partial charge on any atom is -0.387 e. The van der Waals surface area contributed by atoms with Crippen molar-refractivity contribution in [2.45, 2.75) is 13.8 Å². The van der Waals surface area contributed by atoms with Crippen LogP contribution in [-0.4, -0.2) is 0 Å². The molecule has 0 atom stereocenters. The number of rotatable bonds is 2. The standard InChI is InChI=1S/C11H11NO/c1-3-4-10-7-9(2)5-6-11(10)13-8-12/h3-7H,1-2H3. The fourth-order valence-corrected chi connectivity index (χ4v) is 1.12. The molecule has 0 saturated carbocycles. The normalized spacial score (nSPS) is 9.92. The highest BCUT2D eigenvalue weighted by atomic mass is 16.5. The van der Waals surface area contributed by atoms with Crippen molar-refractivity contribution in [3.05, 3.63) is 35.4 Å². The van der Waals surface area contributed by atoms with E-state index in [1.807, 2.05) is 38.1 Å². The van der Waals surface area contributed by atoms with Crippen molar-refractivity contribution < 1.29 is 4.74 Å². The molecule has 2 nitrogen and oxygen atoms in total. The Kier molecular flexibility index (Phi) is 3.10. The van der Waals surface area contributed by atoms with Crippen molar-refractivity contribution in [2.75, 3.05) is 0 Å². The minimum absolute atomic E-state index is 0.603. The third-order valence-corrected chi connectivity index (χ3v) is 1.67. The molecule has 0 fully saturated rings. The maximum absolute atomic E-state index is 8.39. The first kappa shape index (κ1) is 9.34. The van der Waals surface area contributed by atoms with Crippen LogP contribution in [0.4, 0.5) is 0 Å². The lowest BCUT2D eigenvalue weighted by atomic mass is 10.1. The summed E-state index contributed by atoms with van der Waals surface area (Å²) < 4.78 is 4.80. The van der Waals surface area contributed by atoms with Gasteiger partial charge in [0.05, 0.1) is 0 Å². The van der Waals surface area contributed by atoms with Crippen molar-refractivity contribution >= 4 is 6.08 Å². The van der Waals surface area contributed by atoms with Crippen molar-refractivity contribution in [3.8, 4) is 12.0 Å². The van der Waals surface area contributed by atoms with Crippen molar-refractivity contribution in [1.29, 1.82) is 5.26 Å². The minimum atomic E-state index is 0.603. The van der Waals surface area contributed by atoms with E-state index >= 15 is 0 Å². The Balaban J connectivity index is 3.12. The average Bonchev–Trinajstić information content (AvgIpc) is 2.10. The zero-order valence-corrected chi connectivity index (χ0v) is 7.74. The Morgan fingerprint density at radius 1 is 1.46 bits per heavy atom. The summed E-state index contributed by atoms with van der Waals surface area (Å²) in [6.45, 7) is 3.93. The van der Waals surface area contributed by atoms with Gasteiger partial charge in [-0.15, -0.1) is 5.26 Å². The van der Waals surface area contributed by atoms with E-state index in [0.29, 0.717) is 5.75 Å². The predicted octanol–water partition coefficient (Wildman–Crippen LogP) is 2.89. The molecule has 0 bridgehead atoms. The Hall–Kier alpha value is -1.75. The Bertz CT molecular complexity index is 361. The van der Waals surface area contributed by atoms with Gasteiger partial charge in [-0.2, -0.15) is 0 Å². The molecule has 0 aliphatic carbocycles. The van der Waals surface area contributed by atoms with E-state index in [-0.39, 0.29) is 0 Å². The van der Waals surface area contributed by atoms with Crippen molar-refractivity contribution in [2.24, 2.45) is 0 Å². The fourth-order valence-electron chi connectivity index (χ4n) is 1.12. The van der Waals surface area contributed by atoms with Crippen LogP contribution in [0.15, 0.2) is 24.3 Å². The van der Waals surface area contributed by atoms with Crippen LogP contribution in [0.25, 0.3) is 6.08 Å². The summed E-state index contributed by atoms with van der Waals surface area (Å²) >= 11 is 0. The molecule has 1 aromatic carbocycles. The molecule has 0 N–H and O–H groups in total. The van der Waals surface area contributed by atoms with Crippen LogP contribution in [-0.2, 0) is 0 Å². The lowest BCUT2D eigenvalue weighted by Gasteiger charge is -2.02. The second-order valence-corrected chi connectivity index (χ2v) is 2.73. The number of benzene rings is 1. The van der Waals surface area contributed by atoms with Crippen LogP contribution in [0.3, 0.4) is 0 Å². The van der Waals surface area contributed by atoms with Gasteiger partial charge in [0.25, 0.3) is 6.26 Å². The van der Waals surface area contributed by atoms with Crippen LogP contribution in [0.5, 0.6) is 5.75 Å². The number of aryl methyl sites for hydroxylation is 1. The summed E-state index contributed by atoms with van der Waals surface area (Å²) in [5.41, 5.74) is 2.09. The second-order valence-electron chi connectivity index (χ2n) is 2.73.